The number of carbonyl (C=O) groups excluding carboxylic acids is 9. The Morgan fingerprint density at radius 3 is 1.70 bits per heavy atom. The molecule has 3 aliphatic rings. The number of aliphatic hydroxyl groups is 1. The summed E-state index contributed by atoms with van der Waals surface area (Å²) in [5.74, 6) is -12.4. The lowest BCUT2D eigenvalue weighted by molar-refractivity contribution is -0.273. The molecule has 18 nitrogen and oxygen atoms in total. The fraction of sp³-hybridized carbons (Fsp3) is 0.711. The van der Waals surface area contributed by atoms with Crippen LogP contribution in [0.1, 0.15) is 102 Å². The van der Waals surface area contributed by atoms with Crippen molar-refractivity contribution in [2.24, 2.45) is 17.3 Å². The van der Waals surface area contributed by atoms with Gasteiger partial charge in [0.25, 0.3) is 0 Å². The molecular formula is C38H52O18. The number of esters is 8. The predicted octanol–water partition coefficient (Wildman–Crippen LogP) is 1.92. The first-order valence-electron chi connectivity index (χ1n) is 18.0. The third-order valence-electron chi connectivity index (χ3n) is 10.00. The summed E-state index contributed by atoms with van der Waals surface area (Å²) >= 11 is 0. The van der Waals surface area contributed by atoms with Gasteiger partial charge in [0.05, 0.1) is 11.8 Å². The molecule has 1 saturated carbocycles. The van der Waals surface area contributed by atoms with Crippen LogP contribution in [-0.4, -0.2) is 112 Å². The van der Waals surface area contributed by atoms with Crippen LogP contribution in [-0.2, 0) is 81.0 Å². The van der Waals surface area contributed by atoms with Crippen molar-refractivity contribution in [3.05, 3.63) is 12.2 Å². The summed E-state index contributed by atoms with van der Waals surface area (Å²) < 4.78 is 47.2. The zero-order valence-corrected chi connectivity index (χ0v) is 33.7. The SMILES string of the molecule is CC(=O)O[C@H]1[C@@H](OC(C)=O)C(C)(C)/C=C/[C@@](C)(O)C(=O)[C@@]2(OC(C)=O)C[C@@](C)(OC(C)=O)[C@H](OC(C)=O)[C@@H]2[C@H]2OC(=O)CC[C@@]2(OC(C)=O)[C@@H]1OC(=O)C(C)C. The first kappa shape index (κ1) is 45.5. The highest BCUT2D eigenvalue weighted by Gasteiger charge is 2.77. The largest absolute Gasteiger partial charge is 0.458 e. The van der Waals surface area contributed by atoms with Crippen molar-refractivity contribution in [3.63, 3.8) is 0 Å². The maximum atomic E-state index is 15.2. The Morgan fingerprint density at radius 1 is 0.696 bits per heavy atom. The van der Waals surface area contributed by atoms with Crippen LogP contribution in [0.4, 0.5) is 0 Å². The lowest BCUT2D eigenvalue weighted by atomic mass is 9.65. The number of carbonyl (C=O) groups is 9. The summed E-state index contributed by atoms with van der Waals surface area (Å²) in [5, 5.41) is 12.1. The summed E-state index contributed by atoms with van der Waals surface area (Å²) in [6.45, 7) is 14.0. The van der Waals surface area contributed by atoms with Gasteiger partial charge in [-0.15, -0.1) is 0 Å². The van der Waals surface area contributed by atoms with Crippen molar-refractivity contribution in [3.8, 4) is 0 Å². The minimum atomic E-state index is -2.78. The second-order valence-corrected chi connectivity index (χ2v) is 15.8. The Hall–Kier alpha value is -4.87. The molecule has 10 atom stereocenters. The van der Waals surface area contributed by atoms with Gasteiger partial charge in [-0.25, -0.2) is 0 Å². The highest BCUT2D eigenvalue weighted by molar-refractivity contribution is 5.98. The minimum Gasteiger partial charge on any atom is -0.458 e. The second kappa shape index (κ2) is 16.3. The van der Waals surface area contributed by atoms with Gasteiger partial charge in [0.1, 0.15) is 5.60 Å². The van der Waals surface area contributed by atoms with Crippen molar-refractivity contribution >= 4 is 53.5 Å². The van der Waals surface area contributed by atoms with E-state index in [1.165, 1.54) is 40.7 Å². The third-order valence-corrected chi connectivity index (χ3v) is 10.00. The van der Waals surface area contributed by atoms with Crippen LogP contribution in [0.15, 0.2) is 12.2 Å². The van der Waals surface area contributed by atoms with Crippen molar-refractivity contribution in [1.29, 1.82) is 0 Å². The number of fused-ring (bicyclic) bond motifs is 3. The van der Waals surface area contributed by atoms with Gasteiger partial charge in [-0.3, -0.25) is 43.2 Å². The highest BCUT2D eigenvalue weighted by atomic mass is 16.7. The summed E-state index contributed by atoms with van der Waals surface area (Å²) in [7, 11) is 0. The number of Topliss-reactive ketones (excluding diaryl/α,β-unsaturated/α-hetero) is 1. The van der Waals surface area contributed by atoms with Gasteiger partial charge in [0, 0.05) is 66.2 Å². The van der Waals surface area contributed by atoms with E-state index in [4.69, 9.17) is 37.9 Å². The Labute approximate surface area is 324 Å². The monoisotopic (exact) mass is 796 g/mol. The van der Waals surface area contributed by atoms with Crippen LogP contribution in [0.3, 0.4) is 0 Å². The zero-order valence-electron chi connectivity index (χ0n) is 33.7. The number of ether oxygens (including phenoxy) is 8. The van der Waals surface area contributed by atoms with E-state index in [0.29, 0.717) is 0 Å². The predicted molar refractivity (Wildman–Crippen MR) is 186 cm³/mol. The van der Waals surface area contributed by atoms with Crippen molar-refractivity contribution in [1.82, 2.24) is 0 Å². The molecule has 0 amide bonds. The zero-order chi connectivity index (χ0) is 42.9. The maximum Gasteiger partial charge on any atom is 0.308 e. The Morgan fingerprint density at radius 2 is 1.21 bits per heavy atom. The fourth-order valence-corrected chi connectivity index (χ4v) is 8.04. The quantitative estimate of drug-likeness (QED) is 0.209. The lowest BCUT2D eigenvalue weighted by Crippen LogP contribution is -2.72. The van der Waals surface area contributed by atoms with Gasteiger partial charge in [0.15, 0.2) is 47.3 Å². The summed E-state index contributed by atoms with van der Waals surface area (Å²) in [5.41, 5.74) is -11.7. The summed E-state index contributed by atoms with van der Waals surface area (Å²) in [6, 6.07) is 0. The van der Waals surface area contributed by atoms with Gasteiger partial charge in [-0.05, 0) is 19.9 Å². The average Bonchev–Trinajstić information content (AvgIpc) is 3.25. The summed E-state index contributed by atoms with van der Waals surface area (Å²) in [6.07, 6.45) is -9.63. The highest BCUT2D eigenvalue weighted by Crippen LogP contribution is 2.57. The van der Waals surface area contributed by atoms with Crippen LogP contribution >= 0.6 is 0 Å². The van der Waals surface area contributed by atoms with E-state index in [2.05, 4.69) is 0 Å². The van der Waals surface area contributed by atoms with E-state index in [0.717, 1.165) is 54.5 Å². The summed E-state index contributed by atoms with van der Waals surface area (Å²) in [4.78, 5) is 121. The molecule has 2 aliphatic carbocycles. The van der Waals surface area contributed by atoms with E-state index in [1.54, 1.807) is 0 Å². The molecule has 0 bridgehead atoms. The third kappa shape index (κ3) is 9.22. The van der Waals surface area contributed by atoms with Gasteiger partial charge in [-0.2, -0.15) is 0 Å². The lowest BCUT2D eigenvalue weighted by Gasteiger charge is -2.53. The fourth-order valence-electron chi connectivity index (χ4n) is 8.04. The number of hydrogen-bond donors (Lipinski definition) is 1. The molecule has 0 aromatic rings. The molecule has 0 aromatic heterocycles. The number of rotatable bonds is 8. The molecule has 1 saturated heterocycles. The van der Waals surface area contributed by atoms with Crippen LogP contribution in [0.5, 0.6) is 0 Å². The molecular weight excluding hydrogens is 744 g/mol. The minimum absolute atomic E-state index is 0.577. The van der Waals surface area contributed by atoms with E-state index >= 15 is 4.79 Å². The smallest absolute Gasteiger partial charge is 0.308 e. The molecule has 56 heavy (non-hydrogen) atoms. The molecule has 1 aliphatic heterocycles. The Kier molecular flexibility index (Phi) is 13.3. The average molecular weight is 797 g/mol. The number of hydrogen-bond acceptors (Lipinski definition) is 18. The molecule has 1 heterocycles. The maximum absolute atomic E-state index is 15.2. The normalized spacial score (nSPS) is 35.8. The van der Waals surface area contributed by atoms with Crippen molar-refractivity contribution in [2.45, 2.75) is 155 Å². The van der Waals surface area contributed by atoms with Gasteiger partial charge >= 0.3 is 47.8 Å². The Bertz CT molecular complexity index is 1680. The van der Waals surface area contributed by atoms with E-state index < -0.39 is 143 Å². The van der Waals surface area contributed by atoms with Crippen LogP contribution in [0, 0.1) is 17.3 Å². The number of ketones is 1. The molecule has 18 heteroatoms. The molecule has 312 valence electrons. The molecule has 0 spiro atoms. The molecule has 0 unspecified atom stereocenters. The van der Waals surface area contributed by atoms with E-state index in [9.17, 15) is 43.5 Å². The molecule has 3 rings (SSSR count). The van der Waals surface area contributed by atoms with Gasteiger partial charge < -0.3 is 43.0 Å². The van der Waals surface area contributed by atoms with Crippen molar-refractivity contribution < 1.29 is 86.2 Å². The second-order valence-electron chi connectivity index (χ2n) is 15.8. The van der Waals surface area contributed by atoms with Crippen LogP contribution in [0.25, 0.3) is 0 Å². The first-order valence-corrected chi connectivity index (χ1v) is 18.0. The van der Waals surface area contributed by atoms with E-state index in [1.807, 2.05) is 0 Å². The van der Waals surface area contributed by atoms with Crippen LogP contribution in [0.2, 0.25) is 0 Å². The standard InChI is InChI=1S/C38H52O18/c1-18(2)32(46)53-31-27(49-19(3)39)30(51-21(5)41)34(9,10)15-16-35(11,48)33(47)38(56-24(8)44)17-36(12,54-22(6)42)28(50-20(4)40)26(38)29-37(31,55-23(7)43)14-13-25(45)52-29/h15-16,18,26-31,48H,13-14,17H2,1-12H3/b16-15+/t26-,27+,28-,29-,30-,31-,35-,36-,37+,38-/m1/s1. The Balaban J connectivity index is 2.80. The van der Waals surface area contributed by atoms with Crippen molar-refractivity contribution in [2.75, 3.05) is 0 Å². The first-order chi connectivity index (χ1) is 25.5. The van der Waals surface area contributed by atoms with Gasteiger partial charge in [-0.1, -0.05) is 33.8 Å². The molecule has 0 radical (unpaired) electrons. The molecule has 1 N–H and O–H groups in total. The molecule has 0 aromatic carbocycles. The van der Waals surface area contributed by atoms with E-state index in [-0.39, 0.29) is 0 Å². The molecule has 2 fully saturated rings. The van der Waals surface area contributed by atoms with Gasteiger partial charge in [0.2, 0.25) is 5.78 Å². The van der Waals surface area contributed by atoms with Crippen LogP contribution < -0.4 is 0 Å². The topological polar surface area (TPSA) is 248 Å².